The van der Waals surface area contributed by atoms with E-state index in [0.717, 1.165) is 22.3 Å². The summed E-state index contributed by atoms with van der Waals surface area (Å²) in [6.45, 7) is 0. The van der Waals surface area contributed by atoms with Crippen LogP contribution < -0.4 is 5.32 Å². The van der Waals surface area contributed by atoms with Gasteiger partial charge in [-0.1, -0.05) is 48.6 Å². The third-order valence-electron chi connectivity index (χ3n) is 5.01. The van der Waals surface area contributed by atoms with E-state index < -0.39 is 16.9 Å². The van der Waals surface area contributed by atoms with Crippen LogP contribution in [0.15, 0.2) is 77.4 Å². The van der Waals surface area contributed by atoms with Gasteiger partial charge < -0.3 is 10.1 Å². The number of fused-ring (bicyclic) bond motifs is 2. The minimum atomic E-state index is -0.678. The standard InChI is InChI=1S/C22H15N3O4/c1-29-22(26)16-8-5-9-18(25(27)28)20(16)24-21-15-11-10-14(19(21)17(15)12-23)13-6-3-2-4-7-13/h2-11,21,24H,1H3. The van der Waals surface area contributed by atoms with E-state index in [1.165, 1.54) is 25.3 Å². The maximum Gasteiger partial charge on any atom is 0.340 e. The number of allylic oxidation sites excluding steroid dienone is 2. The fraction of sp³-hybridized carbons (Fsp3) is 0.0909. The Labute approximate surface area is 166 Å². The molecule has 142 valence electrons. The lowest BCUT2D eigenvalue weighted by Gasteiger charge is -2.39. The van der Waals surface area contributed by atoms with Crippen molar-refractivity contribution >= 4 is 22.9 Å². The number of ether oxygens (including phenoxy) is 1. The monoisotopic (exact) mass is 385 g/mol. The fourth-order valence-electron chi connectivity index (χ4n) is 3.67. The average molecular weight is 385 g/mol. The van der Waals surface area contributed by atoms with E-state index in [1.54, 1.807) is 0 Å². The summed E-state index contributed by atoms with van der Waals surface area (Å²) in [4.78, 5) is 23.2. The molecule has 2 bridgehead atoms. The average Bonchev–Trinajstić information content (AvgIpc) is 2.76. The van der Waals surface area contributed by atoms with Gasteiger partial charge in [0.05, 0.1) is 35.3 Å². The minimum absolute atomic E-state index is 0.0663. The van der Waals surface area contributed by atoms with E-state index in [2.05, 4.69) is 11.4 Å². The van der Waals surface area contributed by atoms with Gasteiger partial charge in [0, 0.05) is 11.6 Å². The fourth-order valence-corrected chi connectivity index (χ4v) is 3.67. The second-order valence-electron chi connectivity index (χ2n) is 6.49. The number of nitro groups is 1. The molecule has 2 aliphatic carbocycles. The predicted octanol–water partition coefficient (Wildman–Crippen LogP) is 4.02. The Bertz CT molecular complexity index is 1170. The Kier molecular flexibility index (Phi) is 4.45. The van der Waals surface area contributed by atoms with Crippen LogP contribution >= 0.6 is 0 Å². The van der Waals surface area contributed by atoms with Gasteiger partial charge in [-0.05, 0) is 22.8 Å². The van der Waals surface area contributed by atoms with Gasteiger partial charge in [0.2, 0.25) is 0 Å². The van der Waals surface area contributed by atoms with Crippen LogP contribution in [0.1, 0.15) is 15.9 Å². The first-order valence-electron chi connectivity index (χ1n) is 8.81. The van der Waals surface area contributed by atoms with E-state index in [4.69, 9.17) is 4.74 Å². The number of para-hydroxylation sites is 1. The summed E-state index contributed by atoms with van der Waals surface area (Å²) in [6, 6.07) is 15.6. The zero-order valence-electron chi connectivity index (χ0n) is 15.4. The van der Waals surface area contributed by atoms with Gasteiger partial charge in [-0.3, -0.25) is 10.1 Å². The molecule has 0 aromatic heterocycles. The molecular formula is C22H15N3O4. The summed E-state index contributed by atoms with van der Waals surface area (Å²) in [5.41, 5.74) is 3.74. The molecule has 0 radical (unpaired) electrons. The molecule has 0 aliphatic heterocycles. The van der Waals surface area contributed by atoms with Crippen molar-refractivity contribution in [3.63, 3.8) is 0 Å². The molecule has 0 saturated carbocycles. The Balaban J connectivity index is 1.78. The molecule has 0 fully saturated rings. The van der Waals surface area contributed by atoms with E-state index in [9.17, 15) is 20.2 Å². The Hall–Kier alpha value is -4.18. The molecule has 4 rings (SSSR count). The number of rotatable bonds is 5. The number of nitro benzene ring substituents is 1. The van der Waals surface area contributed by atoms with Crippen LogP contribution in [-0.4, -0.2) is 24.0 Å². The predicted molar refractivity (Wildman–Crippen MR) is 107 cm³/mol. The molecule has 0 spiro atoms. The molecule has 1 unspecified atom stereocenters. The molecule has 1 atom stereocenters. The highest BCUT2D eigenvalue weighted by Gasteiger charge is 2.41. The quantitative estimate of drug-likeness (QED) is 0.473. The van der Waals surface area contributed by atoms with Crippen LogP contribution in [0.3, 0.4) is 0 Å². The highest BCUT2D eigenvalue weighted by molar-refractivity contribution is 6.00. The Morgan fingerprint density at radius 1 is 1.17 bits per heavy atom. The minimum Gasteiger partial charge on any atom is -0.465 e. The molecule has 2 aromatic carbocycles. The maximum atomic E-state index is 12.2. The number of nitriles is 1. The van der Waals surface area contributed by atoms with Crippen LogP contribution in [0.25, 0.3) is 5.57 Å². The third kappa shape index (κ3) is 2.87. The first-order valence-corrected chi connectivity index (χ1v) is 8.81. The zero-order chi connectivity index (χ0) is 20.5. The van der Waals surface area contributed by atoms with Crippen molar-refractivity contribution in [3.05, 3.63) is 98.6 Å². The molecule has 29 heavy (non-hydrogen) atoms. The first kappa shape index (κ1) is 18.2. The van der Waals surface area contributed by atoms with Gasteiger partial charge >= 0.3 is 5.97 Å². The van der Waals surface area contributed by atoms with Gasteiger partial charge in [-0.2, -0.15) is 5.26 Å². The summed E-state index contributed by atoms with van der Waals surface area (Å²) in [6.07, 6.45) is 3.76. The van der Waals surface area contributed by atoms with E-state index in [-0.39, 0.29) is 16.9 Å². The molecule has 7 nitrogen and oxygen atoms in total. The number of esters is 1. The topological polar surface area (TPSA) is 105 Å². The van der Waals surface area contributed by atoms with Crippen molar-refractivity contribution in [3.8, 4) is 6.07 Å². The van der Waals surface area contributed by atoms with Crippen LogP contribution in [0.4, 0.5) is 11.4 Å². The highest BCUT2D eigenvalue weighted by atomic mass is 16.6. The molecule has 7 heteroatoms. The van der Waals surface area contributed by atoms with Gasteiger partial charge in [0.15, 0.2) is 0 Å². The van der Waals surface area contributed by atoms with Crippen LogP contribution in [0, 0.1) is 21.4 Å². The van der Waals surface area contributed by atoms with Crippen molar-refractivity contribution in [2.24, 2.45) is 0 Å². The largest absolute Gasteiger partial charge is 0.465 e. The summed E-state index contributed by atoms with van der Waals surface area (Å²) in [7, 11) is 1.22. The van der Waals surface area contributed by atoms with Gasteiger partial charge in [0.1, 0.15) is 5.69 Å². The highest BCUT2D eigenvalue weighted by Crippen LogP contribution is 2.48. The SMILES string of the molecule is COC(=O)c1cccc([N+](=O)[O-])c1NC1c2ccc(-c3ccccc3)c1c2C#N. The van der Waals surface area contributed by atoms with Crippen LogP contribution in [0.5, 0.6) is 0 Å². The van der Waals surface area contributed by atoms with Crippen molar-refractivity contribution in [1.82, 2.24) is 0 Å². The van der Waals surface area contributed by atoms with Crippen molar-refractivity contribution in [2.45, 2.75) is 6.04 Å². The van der Waals surface area contributed by atoms with E-state index >= 15 is 0 Å². The number of anilines is 1. The lowest BCUT2D eigenvalue weighted by Crippen LogP contribution is -2.37. The lowest BCUT2D eigenvalue weighted by atomic mass is 9.69. The molecular weight excluding hydrogens is 370 g/mol. The number of nitrogens with one attached hydrogen (secondary N) is 1. The normalized spacial score (nSPS) is 16.8. The number of hydrogen-bond acceptors (Lipinski definition) is 6. The van der Waals surface area contributed by atoms with Crippen LogP contribution in [0.2, 0.25) is 0 Å². The molecule has 0 saturated heterocycles. The van der Waals surface area contributed by atoms with Crippen molar-refractivity contribution in [1.29, 1.82) is 5.26 Å². The van der Waals surface area contributed by atoms with Crippen molar-refractivity contribution in [2.75, 3.05) is 12.4 Å². The van der Waals surface area contributed by atoms with Gasteiger partial charge in [0.25, 0.3) is 5.69 Å². The second kappa shape index (κ2) is 7.09. The molecule has 2 aromatic rings. The molecule has 1 N–H and O–H groups in total. The number of nitrogens with zero attached hydrogens (tertiary/aromatic N) is 2. The molecule has 2 aliphatic rings. The maximum absolute atomic E-state index is 12.2. The number of carbonyl (C=O) groups is 1. The zero-order valence-corrected chi connectivity index (χ0v) is 15.4. The number of carbonyl (C=O) groups excluding carboxylic acids is 1. The number of methoxy groups -OCH3 is 1. The lowest BCUT2D eigenvalue weighted by molar-refractivity contribution is -0.384. The number of benzene rings is 2. The van der Waals surface area contributed by atoms with E-state index in [1.807, 2.05) is 42.5 Å². The van der Waals surface area contributed by atoms with Crippen molar-refractivity contribution < 1.29 is 14.5 Å². The summed E-state index contributed by atoms with van der Waals surface area (Å²) in [5.74, 6) is -0.678. The Morgan fingerprint density at radius 2 is 1.93 bits per heavy atom. The van der Waals surface area contributed by atoms with Gasteiger partial charge in [-0.25, -0.2) is 4.79 Å². The Morgan fingerprint density at radius 3 is 2.59 bits per heavy atom. The summed E-state index contributed by atoms with van der Waals surface area (Å²) in [5, 5.41) is 24.2. The van der Waals surface area contributed by atoms with Crippen LogP contribution in [-0.2, 0) is 4.74 Å². The summed E-state index contributed by atoms with van der Waals surface area (Å²) >= 11 is 0. The van der Waals surface area contributed by atoms with Gasteiger partial charge in [-0.15, -0.1) is 0 Å². The second-order valence-corrected chi connectivity index (χ2v) is 6.49. The smallest absolute Gasteiger partial charge is 0.340 e. The summed E-state index contributed by atoms with van der Waals surface area (Å²) < 4.78 is 4.78. The molecule has 0 heterocycles. The third-order valence-corrected chi connectivity index (χ3v) is 5.01. The number of hydrogen-bond donors (Lipinski definition) is 1. The van der Waals surface area contributed by atoms with E-state index in [0.29, 0.717) is 5.57 Å². The first-order chi connectivity index (χ1) is 14.1. The molecule has 0 amide bonds.